The van der Waals surface area contributed by atoms with E-state index in [0.29, 0.717) is 65.1 Å². The molecule has 0 saturated heterocycles. The molecule has 6 aromatic carbocycles. The molecule has 0 fully saturated rings. The zero-order valence-electron chi connectivity index (χ0n) is 44.2. The van der Waals surface area contributed by atoms with E-state index >= 15 is 0 Å². The maximum atomic E-state index is 13.1. The Hall–Kier alpha value is -7.53. The second-order valence-electron chi connectivity index (χ2n) is 19.1. The summed E-state index contributed by atoms with van der Waals surface area (Å²) in [6.07, 6.45) is 23.6. The van der Waals surface area contributed by atoms with E-state index in [9.17, 15) is 24.0 Å². The molecule has 0 aromatic heterocycles. The van der Waals surface area contributed by atoms with Crippen LogP contribution in [-0.4, -0.2) is 43.1 Å². The van der Waals surface area contributed by atoms with Crippen LogP contribution in [0.1, 0.15) is 183 Å². The monoisotopic (exact) mass is 1030 g/mol. The van der Waals surface area contributed by atoms with Gasteiger partial charge in [-0.1, -0.05) is 159 Å². The number of unbranched alkanes of at least 4 members (excludes halogenated alkanes) is 18. The van der Waals surface area contributed by atoms with Gasteiger partial charge < -0.3 is 28.4 Å². The lowest BCUT2D eigenvalue weighted by atomic mass is 10.1. The zero-order chi connectivity index (χ0) is 53.4. The molecule has 0 aliphatic carbocycles. The molecule has 11 heteroatoms. The maximum absolute atomic E-state index is 13.1. The largest absolute Gasteiger partial charge is 0.494 e. The quantitative estimate of drug-likeness (QED) is 0.0165. The average molecular weight is 1030 g/mol. The SMILES string of the molecule is CCCCCCCCCCCCCCOc1ccc(C(=O)Oc2ccc(C(=O)Oc3cccc(-c4ccc(OC(=O)c5ccc(OCCCCCCCCCCC(=O)OC(=O)c6ccccc6)cc5)cc4)c3)cc2)cc1. The molecule has 0 saturated carbocycles. The Morgan fingerprint density at radius 2 is 0.697 bits per heavy atom. The van der Waals surface area contributed by atoms with Crippen LogP contribution in [0.15, 0.2) is 152 Å². The molecule has 6 aromatic rings. The number of benzene rings is 6. The van der Waals surface area contributed by atoms with Crippen LogP contribution >= 0.6 is 0 Å². The zero-order valence-corrected chi connectivity index (χ0v) is 44.2. The summed E-state index contributed by atoms with van der Waals surface area (Å²) in [7, 11) is 0. The van der Waals surface area contributed by atoms with Gasteiger partial charge in [0.25, 0.3) is 0 Å². The fraction of sp³-hybridized carbons (Fsp3) is 0.369. The molecule has 0 aliphatic rings. The van der Waals surface area contributed by atoms with E-state index in [1.165, 1.54) is 64.2 Å². The van der Waals surface area contributed by atoms with E-state index in [2.05, 4.69) is 6.92 Å². The minimum atomic E-state index is -0.606. The molecule has 6 rings (SSSR count). The van der Waals surface area contributed by atoms with Crippen molar-refractivity contribution in [2.45, 2.75) is 142 Å². The van der Waals surface area contributed by atoms with Crippen molar-refractivity contribution in [2.24, 2.45) is 0 Å². The van der Waals surface area contributed by atoms with Crippen LogP contribution in [0, 0.1) is 0 Å². The summed E-state index contributed by atoms with van der Waals surface area (Å²) < 4.78 is 33.6. The molecule has 0 atom stereocenters. The van der Waals surface area contributed by atoms with Crippen LogP contribution in [0.3, 0.4) is 0 Å². The molecule has 0 spiro atoms. The fourth-order valence-electron chi connectivity index (χ4n) is 8.53. The normalized spacial score (nSPS) is 10.9. The summed E-state index contributed by atoms with van der Waals surface area (Å²) in [5, 5.41) is 0. The van der Waals surface area contributed by atoms with Crippen LogP contribution < -0.4 is 23.7 Å². The molecular formula is C65H74O11. The van der Waals surface area contributed by atoms with E-state index in [-0.39, 0.29) is 12.0 Å². The summed E-state index contributed by atoms with van der Waals surface area (Å²) in [6.45, 7) is 3.48. The summed E-state index contributed by atoms with van der Waals surface area (Å²) >= 11 is 0. The Morgan fingerprint density at radius 1 is 0.316 bits per heavy atom. The van der Waals surface area contributed by atoms with Gasteiger partial charge in [0.2, 0.25) is 0 Å². The van der Waals surface area contributed by atoms with E-state index in [0.717, 1.165) is 68.9 Å². The number of hydrogen-bond donors (Lipinski definition) is 0. The topological polar surface area (TPSA) is 141 Å². The molecule has 0 unspecified atom stereocenters. The molecule has 0 aliphatic heterocycles. The van der Waals surface area contributed by atoms with Gasteiger partial charge in [-0.15, -0.1) is 0 Å². The minimum absolute atomic E-state index is 0.241. The van der Waals surface area contributed by atoms with Gasteiger partial charge >= 0.3 is 29.8 Å². The third-order valence-corrected chi connectivity index (χ3v) is 12.9. The van der Waals surface area contributed by atoms with Crippen LogP contribution in [-0.2, 0) is 9.53 Å². The average Bonchev–Trinajstić information content (AvgIpc) is 3.44. The Balaban J connectivity index is 0.814. The summed E-state index contributed by atoms with van der Waals surface area (Å²) in [6, 6.07) is 42.7. The van der Waals surface area contributed by atoms with Crippen LogP contribution in [0.4, 0.5) is 0 Å². The summed E-state index contributed by atoms with van der Waals surface area (Å²) in [5.74, 6) is -0.247. The Bertz CT molecular complexity index is 2660. The van der Waals surface area contributed by atoms with Crippen molar-refractivity contribution in [3.05, 3.63) is 174 Å². The number of carbonyl (C=O) groups excluding carboxylic acids is 5. The lowest BCUT2D eigenvalue weighted by molar-refractivity contribution is -0.138. The number of carbonyl (C=O) groups is 5. The molecule has 0 bridgehead atoms. The molecule has 0 amide bonds. The second kappa shape index (κ2) is 33.4. The molecular weight excluding hydrogens is 957 g/mol. The van der Waals surface area contributed by atoms with E-state index in [1.807, 2.05) is 18.2 Å². The molecule has 11 nitrogen and oxygen atoms in total. The Morgan fingerprint density at radius 3 is 1.16 bits per heavy atom. The molecule has 0 radical (unpaired) electrons. The van der Waals surface area contributed by atoms with Gasteiger partial charge in [0.05, 0.1) is 35.5 Å². The van der Waals surface area contributed by atoms with E-state index < -0.39 is 29.8 Å². The standard InChI is InChI=1S/C65H74O11/c1-2-3-4-5-6-7-8-9-11-14-17-23-47-71-57-41-35-53(36-42-57)63(68)74-59-45-37-54(38-46-59)64(69)75-60-29-25-28-55(49-60)50-31-43-58(44-32-50)73-62(67)52-33-39-56(40-34-52)72-48-24-18-15-12-10-13-16-22-30-61(66)76-65(70)51-26-20-19-21-27-51/h19-21,25-29,31-46,49H,2-18,22-24,30,47-48H2,1H3. The van der Waals surface area contributed by atoms with Gasteiger partial charge in [-0.05, 0) is 140 Å². The molecule has 76 heavy (non-hydrogen) atoms. The van der Waals surface area contributed by atoms with Gasteiger partial charge in [0.1, 0.15) is 28.7 Å². The Kier molecular flexibility index (Phi) is 25.4. The second-order valence-corrected chi connectivity index (χ2v) is 19.1. The van der Waals surface area contributed by atoms with Crippen molar-refractivity contribution in [3.63, 3.8) is 0 Å². The van der Waals surface area contributed by atoms with Gasteiger partial charge in [-0.25, -0.2) is 19.2 Å². The number of hydrogen-bond acceptors (Lipinski definition) is 11. The highest BCUT2D eigenvalue weighted by molar-refractivity contribution is 5.97. The van der Waals surface area contributed by atoms with Crippen molar-refractivity contribution in [1.29, 1.82) is 0 Å². The lowest BCUT2D eigenvalue weighted by Gasteiger charge is -2.10. The van der Waals surface area contributed by atoms with Crippen molar-refractivity contribution in [3.8, 4) is 39.9 Å². The predicted molar refractivity (Wildman–Crippen MR) is 297 cm³/mol. The van der Waals surface area contributed by atoms with Crippen molar-refractivity contribution < 1.29 is 52.4 Å². The molecule has 0 heterocycles. The fourth-order valence-corrected chi connectivity index (χ4v) is 8.53. The van der Waals surface area contributed by atoms with Crippen molar-refractivity contribution >= 4 is 29.8 Å². The van der Waals surface area contributed by atoms with Gasteiger partial charge in [-0.3, -0.25) is 4.79 Å². The molecule has 0 N–H and O–H groups in total. The van der Waals surface area contributed by atoms with E-state index in [4.69, 9.17) is 28.4 Å². The lowest BCUT2D eigenvalue weighted by Crippen LogP contribution is -2.12. The van der Waals surface area contributed by atoms with E-state index in [1.54, 1.807) is 133 Å². The predicted octanol–water partition coefficient (Wildman–Crippen LogP) is 16.4. The van der Waals surface area contributed by atoms with Crippen molar-refractivity contribution in [2.75, 3.05) is 13.2 Å². The third kappa shape index (κ3) is 21.4. The number of rotatable bonds is 34. The Labute approximate surface area is 449 Å². The van der Waals surface area contributed by atoms with Crippen LogP contribution in [0.2, 0.25) is 0 Å². The minimum Gasteiger partial charge on any atom is -0.494 e. The smallest absolute Gasteiger partial charge is 0.345 e. The summed E-state index contributed by atoms with van der Waals surface area (Å²) in [5.41, 5.74) is 3.07. The number of ether oxygens (including phenoxy) is 6. The van der Waals surface area contributed by atoms with Gasteiger partial charge in [0, 0.05) is 6.42 Å². The first-order chi connectivity index (χ1) is 37.2. The highest BCUT2D eigenvalue weighted by Crippen LogP contribution is 2.28. The summed E-state index contributed by atoms with van der Waals surface area (Å²) in [4.78, 5) is 62.9. The van der Waals surface area contributed by atoms with Gasteiger partial charge in [-0.2, -0.15) is 0 Å². The van der Waals surface area contributed by atoms with Gasteiger partial charge in [0.15, 0.2) is 0 Å². The first-order valence-electron chi connectivity index (χ1n) is 27.5. The maximum Gasteiger partial charge on any atom is 0.345 e. The molecule has 400 valence electrons. The highest BCUT2D eigenvalue weighted by Gasteiger charge is 2.15. The van der Waals surface area contributed by atoms with Crippen LogP contribution in [0.25, 0.3) is 11.1 Å². The third-order valence-electron chi connectivity index (χ3n) is 12.9. The highest BCUT2D eigenvalue weighted by atomic mass is 16.6. The first-order valence-corrected chi connectivity index (χ1v) is 27.5. The van der Waals surface area contributed by atoms with Crippen LogP contribution in [0.5, 0.6) is 28.7 Å². The number of esters is 5. The first kappa shape index (κ1) is 57.7. The van der Waals surface area contributed by atoms with Crippen molar-refractivity contribution in [1.82, 2.24) is 0 Å².